The summed E-state index contributed by atoms with van der Waals surface area (Å²) in [5, 5.41) is 3.05. The largest absolute Gasteiger partial charge is 0.496 e. The van der Waals surface area contributed by atoms with Gasteiger partial charge in [0.25, 0.3) is 0 Å². The van der Waals surface area contributed by atoms with Gasteiger partial charge in [0.05, 0.1) is 13.2 Å². The highest BCUT2D eigenvalue weighted by Crippen LogP contribution is 2.26. The predicted molar refractivity (Wildman–Crippen MR) is 89.1 cm³/mol. The van der Waals surface area contributed by atoms with Crippen molar-refractivity contribution >= 4 is 5.91 Å². The van der Waals surface area contributed by atoms with Crippen molar-refractivity contribution in [1.29, 1.82) is 0 Å². The van der Waals surface area contributed by atoms with Gasteiger partial charge in [0, 0.05) is 12.0 Å². The van der Waals surface area contributed by atoms with Crippen LogP contribution in [-0.2, 0) is 11.2 Å². The molecule has 0 aliphatic rings. The molecule has 0 saturated heterocycles. The number of ether oxygens (including phenoxy) is 1. The first-order valence-corrected chi connectivity index (χ1v) is 7.58. The van der Waals surface area contributed by atoms with E-state index in [1.54, 1.807) is 7.11 Å². The van der Waals surface area contributed by atoms with Crippen LogP contribution >= 0.6 is 0 Å². The highest BCUT2D eigenvalue weighted by Gasteiger charge is 2.14. The van der Waals surface area contributed by atoms with Crippen molar-refractivity contribution in [3.05, 3.63) is 65.2 Å². The molecular weight excluding hydrogens is 274 g/mol. The standard InChI is InChI=1S/C19H23NO2/c1-14-9-11-18(22-3)17(13-14)15(2)20-19(21)12-10-16-7-5-4-6-8-16/h4-9,11,13,15H,10,12H2,1-3H3,(H,20,21)/t15-/m0/s1. The fourth-order valence-electron chi connectivity index (χ4n) is 2.49. The number of aryl methyl sites for hydroxylation is 2. The number of nitrogens with one attached hydrogen (secondary N) is 1. The Labute approximate surface area is 132 Å². The van der Waals surface area contributed by atoms with E-state index in [0.29, 0.717) is 6.42 Å². The smallest absolute Gasteiger partial charge is 0.220 e. The molecule has 0 fully saturated rings. The molecule has 2 aromatic rings. The number of benzene rings is 2. The van der Waals surface area contributed by atoms with Gasteiger partial charge in [-0.2, -0.15) is 0 Å². The second kappa shape index (κ2) is 7.64. The zero-order valence-electron chi connectivity index (χ0n) is 13.4. The number of hydrogen-bond donors (Lipinski definition) is 1. The normalized spacial score (nSPS) is 11.8. The monoisotopic (exact) mass is 297 g/mol. The third-order valence-corrected chi connectivity index (χ3v) is 3.71. The third-order valence-electron chi connectivity index (χ3n) is 3.71. The van der Waals surface area contributed by atoms with E-state index in [1.165, 1.54) is 5.56 Å². The Bertz CT molecular complexity index is 623. The van der Waals surface area contributed by atoms with Crippen molar-refractivity contribution < 1.29 is 9.53 Å². The second-order valence-electron chi connectivity index (χ2n) is 5.52. The third kappa shape index (κ3) is 4.35. The Hall–Kier alpha value is -2.29. The topological polar surface area (TPSA) is 38.3 Å². The Morgan fingerprint density at radius 2 is 1.91 bits per heavy atom. The molecule has 2 rings (SSSR count). The summed E-state index contributed by atoms with van der Waals surface area (Å²) in [4.78, 5) is 12.1. The van der Waals surface area contributed by atoms with E-state index >= 15 is 0 Å². The van der Waals surface area contributed by atoms with E-state index in [9.17, 15) is 4.79 Å². The summed E-state index contributed by atoms with van der Waals surface area (Å²) in [5.74, 6) is 0.862. The van der Waals surface area contributed by atoms with Crippen LogP contribution in [0.4, 0.5) is 0 Å². The number of rotatable bonds is 6. The molecule has 116 valence electrons. The molecule has 3 nitrogen and oxygen atoms in total. The van der Waals surface area contributed by atoms with Crippen molar-refractivity contribution in [3.63, 3.8) is 0 Å². The van der Waals surface area contributed by atoms with Gasteiger partial charge < -0.3 is 10.1 Å². The van der Waals surface area contributed by atoms with E-state index < -0.39 is 0 Å². The molecular formula is C19H23NO2. The molecule has 0 spiro atoms. The summed E-state index contributed by atoms with van der Waals surface area (Å²) in [5.41, 5.74) is 3.34. The maximum absolute atomic E-state index is 12.1. The molecule has 1 N–H and O–H groups in total. The molecule has 0 bridgehead atoms. The Morgan fingerprint density at radius 1 is 1.18 bits per heavy atom. The van der Waals surface area contributed by atoms with Crippen molar-refractivity contribution in [2.75, 3.05) is 7.11 Å². The van der Waals surface area contributed by atoms with Crippen molar-refractivity contribution in [2.24, 2.45) is 0 Å². The number of methoxy groups -OCH3 is 1. The summed E-state index contributed by atoms with van der Waals surface area (Å²) in [6, 6.07) is 16.0. The van der Waals surface area contributed by atoms with Gasteiger partial charge in [0.15, 0.2) is 0 Å². The highest BCUT2D eigenvalue weighted by molar-refractivity contribution is 5.76. The van der Waals surface area contributed by atoms with Crippen LogP contribution in [-0.4, -0.2) is 13.0 Å². The molecule has 1 atom stereocenters. The molecule has 0 aliphatic carbocycles. The average Bonchev–Trinajstić information content (AvgIpc) is 2.54. The van der Waals surface area contributed by atoms with E-state index in [0.717, 1.165) is 23.3 Å². The molecule has 0 unspecified atom stereocenters. The van der Waals surface area contributed by atoms with E-state index in [4.69, 9.17) is 4.74 Å². The van der Waals surface area contributed by atoms with Crippen molar-refractivity contribution in [1.82, 2.24) is 5.32 Å². The van der Waals surface area contributed by atoms with E-state index in [2.05, 4.69) is 11.4 Å². The van der Waals surface area contributed by atoms with Crippen LogP contribution in [0, 0.1) is 6.92 Å². The number of carbonyl (C=O) groups is 1. The second-order valence-corrected chi connectivity index (χ2v) is 5.52. The summed E-state index contributed by atoms with van der Waals surface area (Å²) in [7, 11) is 1.65. The lowest BCUT2D eigenvalue weighted by Gasteiger charge is -2.18. The molecule has 0 heterocycles. The van der Waals surface area contributed by atoms with Crippen LogP contribution in [0.2, 0.25) is 0 Å². The first-order chi connectivity index (χ1) is 10.6. The molecule has 22 heavy (non-hydrogen) atoms. The summed E-state index contributed by atoms with van der Waals surface area (Å²) in [6.07, 6.45) is 1.24. The molecule has 0 radical (unpaired) electrons. The molecule has 3 heteroatoms. The number of amides is 1. The average molecular weight is 297 g/mol. The van der Waals surface area contributed by atoms with Crippen LogP contribution in [0.3, 0.4) is 0 Å². The maximum atomic E-state index is 12.1. The Morgan fingerprint density at radius 3 is 2.59 bits per heavy atom. The lowest BCUT2D eigenvalue weighted by atomic mass is 10.0. The van der Waals surface area contributed by atoms with Gasteiger partial charge in [-0.3, -0.25) is 4.79 Å². The highest BCUT2D eigenvalue weighted by atomic mass is 16.5. The molecule has 0 aromatic heterocycles. The Kier molecular flexibility index (Phi) is 5.59. The van der Waals surface area contributed by atoms with Crippen LogP contribution in [0.25, 0.3) is 0 Å². The van der Waals surface area contributed by atoms with Gasteiger partial charge in [-0.25, -0.2) is 0 Å². The van der Waals surface area contributed by atoms with Gasteiger partial charge >= 0.3 is 0 Å². The van der Waals surface area contributed by atoms with Gasteiger partial charge in [0.2, 0.25) is 5.91 Å². The molecule has 1 amide bonds. The summed E-state index contributed by atoms with van der Waals surface area (Å²) in [6.45, 7) is 4.02. The molecule has 0 saturated carbocycles. The molecule has 2 aromatic carbocycles. The molecule has 0 aliphatic heterocycles. The fraction of sp³-hybridized carbons (Fsp3) is 0.316. The zero-order chi connectivity index (χ0) is 15.9. The van der Waals surface area contributed by atoms with E-state index in [-0.39, 0.29) is 11.9 Å². The summed E-state index contributed by atoms with van der Waals surface area (Å²) < 4.78 is 5.38. The first-order valence-electron chi connectivity index (χ1n) is 7.58. The van der Waals surface area contributed by atoms with Gasteiger partial charge in [-0.15, -0.1) is 0 Å². The lowest BCUT2D eigenvalue weighted by molar-refractivity contribution is -0.121. The number of hydrogen-bond acceptors (Lipinski definition) is 2. The Balaban J connectivity index is 1.95. The van der Waals surface area contributed by atoms with Gasteiger partial charge in [-0.1, -0.05) is 48.0 Å². The van der Waals surface area contributed by atoms with Gasteiger partial charge in [0.1, 0.15) is 5.75 Å². The first kappa shape index (κ1) is 16.1. The minimum Gasteiger partial charge on any atom is -0.496 e. The van der Waals surface area contributed by atoms with Crippen LogP contribution in [0.5, 0.6) is 5.75 Å². The van der Waals surface area contributed by atoms with E-state index in [1.807, 2.05) is 56.3 Å². The van der Waals surface area contributed by atoms with Crippen LogP contribution in [0.1, 0.15) is 36.1 Å². The van der Waals surface area contributed by atoms with Crippen LogP contribution in [0.15, 0.2) is 48.5 Å². The SMILES string of the molecule is COc1ccc(C)cc1[C@H](C)NC(=O)CCc1ccccc1. The minimum absolute atomic E-state index is 0.0555. The summed E-state index contributed by atoms with van der Waals surface area (Å²) >= 11 is 0. The zero-order valence-corrected chi connectivity index (χ0v) is 13.4. The van der Waals surface area contributed by atoms with Crippen molar-refractivity contribution in [3.8, 4) is 5.75 Å². The van der Waals surface area contributed by atoms with Crippen molar-refractivity contribution in [2.45, 2.75) is 32.7 Å². The number of carbonyl (C=O) groups excluding carboxylic acids is 1. The van der Waals surface area contributed by atoms with Crippen LogP contribution < -0.4 is 10.1 Å². The van der Waals surface area contributed by atoms with Gasteiger partial charge in [-0.05, 0) is 31.9 Å². The minimum atomic E-state index is -0.0712. The quantitative estimate of drug-likeness (QED) is 0.880. The maximum Gasteiger partial charge on any atom is 0.220 e. The fourth-order valence-corrected chi connectivity index (χ4v) is 2.49. The predicted octanol–water partition coefficient (Wildman–Crippen LogP) is 3.81. The lowest BCUT2D eigenvalue weighted by Crippen LogP contribution is -2.27.